The maximum Gasteiger partial charge on any atom is 2.00 e. The molecule has 0 saturated carbocycles. The molecule has 0 rings (SSSR count). The van der Waals surface area contributed by atoms with E-state index in [4.69, 9.17) is 0 Å². The molecule has 0 aliphatic rings. The molecule has 0 aliphatic heterocycles. The Balaban J connectivity index is -0.0000000417. The third-order valence-corrected chi connectivity index (χ3v) is 0.402. The van der Waals surface area contributed by atoms with E-state index in [9.17, 15) is 9.59 Å². The predicted molar refractivity (Wildman–Crippen MR) is 29.3 cm³/mol. The van der Waals surface area contributed by atoms with E-state index in [-0.39, 0.29) is 25.9 Å². The molecule has 38 valence electrons. The summed E-state index contributed by atoms with van der Waals surface area (Å²) in [7, 11) is 0. The molecule has 0 saturated heterocycles. The van der Waals surface area contributed by atoms with Crippen molar-refractivity contribution >= 4 is 35.6 Å². The molecule has 0 unspecified atom stereocenters. The van der Waals surface area contributed by atoms with Gasteiger partial charge in [-0.25, -0.2) is 0 Å². The van der Waals surface area contributed by atoms with Gasteiger partial charge in [0.05, 0.1) is 0 Å². The van der Waals surface area contributed by atoms with E-state index >= 15 is 0 Å². The average molecular weight is 112 g/mol. The molecule has 0 heterocycles. The summed E-state index contributed by atoms with van der Waals surface area (Å²) in [6.45, 7) is 0. The Morgan fingerprint density at radius 1 is 1.14 bits per heavy atom. The van der Waals surface area contributed by atoms with E-state index in [2.05, 4.69) is 0 Å². The first kappa shape index (κ1) is 10.2. The van der Waals surface area contributed by atoms with E-state index in [0.717, 1.165) is 12.6 Å². The fraction of sp³-hybridized carbons (Fsp3) is 0.500. The maximum atomic E-state index is 9.40. The fourth-order valence-corrected chi connectivity index (χ4v) is 0.136. The second-order valence-electron chi connectivity index (χ2n) is 0.911. The Bertz CT molecular complexity index is 52.5. The Labute approximate surface area is 61.4 Å². The van der Waals surface area contributed by atoms with Gasteiger partial charge in [0, 0.05) is 12.8 Å². The van der Waals surface area contributed by atoms with Gasteiger partial charge in [-0.1, -0.05) is 0 Å². The maximum absolute atomic E-state index is 9.40. The molecular formula is C4H8MgO2. The van der Waals surface area contributed by atoms with Gasteiger partial charge in [0.1, 0.15) is 12.6 Å². The summed E-state index contributed by atoms with van der Waals surface area (Å²) in [6.07, 6.45) is 2.19. The zero-order valence-corrected chi connectivity index (χ0v) is 5.51. The standard InChI is InChI=1S/C4H6O2.Mg.2H/c5-3-1-2-4-6;;;/h3-4H,1-2H2;;;/q;+2;2*-1. The number of hydrogen-bond acceptors (Lipinski definition) is 2. The fourth-order valence-electron chi connectivity index (χ4n) is 0.136. The summed E-state index contributed by atoms with van der Waals surface area (Å²) >= 11 is 0. The number of unbranched alkanes of at least 4 members (excludes halogenated alkanes) is 1. The smallest absolute Gasteiger partial charge is 1.00 e. The first-order valence-corrected chi connectivity index (χ1v) is 1.79. The summed E-state index contributed by atoms with van der Waals surface area (Å²) in [5, 5.41) is 0. The molecule has 0 aromatic rings. The summed E-state index contributed by atoms with van der Waals surface area (Å²) in [6, 6.07) is 0. The van der Waals surface area contributed by atoms with Crippen molar-refractivity contribution in [1.29, 1.82) is 0 Å². The first-order valence-electron chi connectivity index (χ1n) is 1.79. The summed E-state index contributed by atoms with van der Waals surface area (Å²) in [5.74, 6) is 0. The van der Waals surface area contributed by atoms with Crippen molar-refractivity contribution in [3.05, 3.63) is 0 Å². The van der Waals surface area contributed by atoms with E-state index < -0.39 is 0 Å². The zero-order valence-electron chi connectivity index (χ0n) is 6.09. The van der Waals surface area contributed by atoms with Crippen molar-refractivity contribution in [3.63, 3.8) is 0 Å². The van der Waals surface area contributed by atoms with Crippen molar-refractivity contribution in [2.45, 2.75) is 12.8 Å². The zero-order chi connectivity index (χ0) is 4.83. The summed E-state index contributed by atoms with van der Waals surface area (Å²) in [5.41, 5.74) is 0. The topological polar surface area (TPSA) is 34.1 Å². The number of carbonyl (C=O) groups excluding carboxylic acids is 2. The van der Waals surface area contributed by atoms with Gasteiger partial charge in [0.25, 0.3) is 0 Å². The normalized spacial score (nSPS) is 6.29. The van der Waals surface area contributed by atoms with Gasteiger partial charge >= 0.3 is 23.1 Å². The molecule has 3 heteroatoms. The quantitative estimate of drug-likeness (QED) is 0.293. The van der Waals surface area contributed by atoms with Gasteiger partial charge < -0.3 is 12.4 Å². The first-order chi connectivity index (χ1) is 2.91. The van der Waals surface area contributed by atoms with Crippen LogP contribution in [0.25, 0.3) is 0 Å². The van der Waals surface area contributed by atoms with Crippen LogP contribution < -0.4 is 0 Å². The van der Waals surface area contributed by atoms with Gasteiger partial charge in [-0.3, -0.25) is 0 Å². The summed E-state index contributed by atoms with van der Waals surface area (Å²) in [4.78, 5) is 18.8. The molecular weight excluding hydrogens is 104 g/mol. The summed E-state index contributed by atoms with van der Waals surface area (Å²) < 4.78 is 0. The van der Waals surface area contributed by atoms with Crippen LogP contribution in [-0.4, -0.2) is 35.6 Å². The molecule has 0 fully saturated rings. The van der Waals surface area contributed by atoms with Crippen molar-refractivity contribution < 1.29 is 12.4 Å². The predicted octanol–water partition coefficient (Wildman–Crippen LogP) is 0.00860. The van der Waals surface area contributed by atoms with E-state index in [1.54, 1.807) is 0 Å². The Hall–Kier alpha value is 0.106. The van der Waals surface area contributed by atoms with Crippen molar-refractivity contribution in [2.24, 2.45) is 0 Å². The minimum Gasteiger partial charge on any atom is -1.00 e. The van der Waals surface area contributed by atoms with Crippen molar-refractivity contribution in [1.82, 2.24) is 0 Å². The molecule has 0 N–H and O–H groups in total. The van der Waals surface area contributed by atoms with Crippen LogP contribution in [0.1, 0.15) is 15.7 Å². The van der Waals surface area contributed by atoms with Crippen LogP contribution in [0.3, 0.4) is 0 Å². The third kappa shape index (κ3) is 10.7. The molecule has 0 atom stereocenters. The minimum atomic E-state index is 0. The van der Waals surface area contributed by atoms with Crippen LogP contribution in [0, 0.1) is 0 Å². The molecule has 7 heavy (non-hydrogen) atoms. The molecule has 0 aromatic carbocycles. The Kier molecular flexibility index (Phi) is 13.7. The van der Waals surface area contributed by atoms with Gasteiger partial charge in [-0.15, -0.1) is 0 Å². The molecule has 0 aromatic heterocycles. The van der Waals surface area contributed by atoms with E-state index in [0.29, 0.717) is 12.8 Å². The second-order valence-corrected chi connectivity index (χ2v) is 0.911. The Morgan fingerprint density at radius 2 is 1.43 bits per heavy atom. The van der Waals surface area contributed by atoms with Crippen molar-refractivity contribution in [2.75, 3.05) is 0 Å². The Morgan fingerprint density at radius 3 is 1.57 bits per heavy atom. The van der Waals surface area contributed by atoms with E-state index in [1.165, 1.54) is 0 Å². The van der Waals surface area contributed by atoms with Gasteiger partial charge in [0.15, 0.2) is 0 Å². The minimum absolute atomic E-state index is 0. The molecule has 0 amide bonds. The number of aldehydes is 2. The molecule has 2 nitrogen and oxygen atoms in total. The van der Waals surface area contributed by atoms with Crippen LogP contribution in [0.2, 0.25) is 0 Å². The SMILES string of the molecule is O=CCCC=O.[H-].[H-].[Mg+2]. The second kappa shape index (κ2) is 9.44. The van der Waals surface area contributed by atoms with Gasteiger partial charge in [-0.2, -0.15) is 0 Å². The van der Waals surface area contributed by atoms with Crippen LogP contribution in [-0.2, 0) is 9.59 Å². The molecule has 0 aliphatic carbocycles. The van der Waals surface area contributed by atoms with Crippen LogP contribution in [0.4, 0.5) is 0 Å². The largest absolute Gasteiger partial charge is 2.00 e. The number of hydrogen-bond donors (Lipinski definition) is 0. The van der Waals surface area contributed by atoms with Crippen LogP contribution in [0.15, 0.2) is 0 Å². The van der Waals surface area contributed by atoms with Crippen LogP contribution in [0.5, 0.6) is 0 Å². The molecule has 0 bridgehead atoms. The number of carbonyl (C=O) groups is 2. The monoisotopic (exact) mass is 112 g/mol. The number of rotatable bonds is 3. The van der Waals surface area contributed by atoms with Gasteiger partial charge in [-0.05, 0) is 0 Å². The van der Waals surface area contributed by atoms with Gasteiger partial charge in [0.2, 0.25) is 0 Å². The van der Waals surface area contributed by atoms with E-state index in [1.807, 2.05) is 0 Å². The third-order valence-electron chi connectivity index (χ3n) is 0.402. The molecule has 0 radical (unpaired) electrons. The van der Waals surface area contributed by atoms with Crippen LogP contribution >= 0.6 is 0 Å². The van der Waals surface area contributed by atoms with Crippen molar-refractivity contribution in [3.8, 4) is 0 Å². The average Bonchev–Trinajstić information content (AvgIpc) is 1.61. The molecule has 0 spiro atoms.